The van der Waals surface area contributed by atoms with Crippen molar-refractivity contribution in [2.45, 2.75) is 19.9 Å². The fourth-order valence-electron chi connectivity index (χ4n) is 1.68. The van der Waals surface area contributed by atoms with Crippen LogP contribution >= 0.6 is 23.2 Å². The van der Waals surface area contributed by atoms with E-state index < -0.39 is 0 Å². The average Bonchev–Trinajstić information content (AvgIpc) is 2.81. The van der Waals surface area contributed by atoms with Gasteiger partial charge in [0.1, 0.15) is 5.69 Å². The van der Waals surface area contributed by atoms with Crippen LogP contribution in [0, 0.1) is 0 Å². The molecule has 0 unspecified atom stereocenters. The maximum atomic E-state index is 6.18. The number of nitrogens with one attached hydrogen (secondary N) is 1. The summed E-state index contributed by atoms with van der Waals surface area (Å²) in [6, 6.07) is 5.46. The van der Waals surface area contributed by atoms with Crippen LogP contribution in [0.3, 0.4) is 0 Å². The van der Waals surface area contributed by atoms with Gasteiger partial charge in [-0.3, -0.25) is 0 Å². The molecule has 1 aromatic carbocycles. The summed E-state index contributed by atoms with van der Waals surface area (Å²) in [4.78, 5) is 4.20. The van der Waals surface area contributed by atoms with Crippen LogP contribution in [0.5, 0.6) is 0 Å². The number of hydrogen-bond donors (Lipinski definition) is 1. The first-order valence-electron chi connectivity index (χ1n) is 5.81. The summed E-state index contributed by atoms with van der Waals surface area (Å²) in [5.41, 5.74) is 1.61. The molecule has 1 heterocycles. The molecule has 0 radical (unpaired) electrons. The average molecular weight is 285 g/mol. The molecule has 0 bridgehead atoms. The molecule has 0 aliphatic carbocycles. The van der Waals surface area contributed by atoms with Crippen molar-refractivity contribution in [2.24, 2.45) is 0 Å². The van der Waals surface area contributed by atoms with Gasteiger partial charge in [-0.25, -0.2) is 4.98 Å². The first kappa shape index (κ1) is 13.4. The Morgan fingerprint density at radius 1 is 1.33 bits per heavy atom. The minimum atomic E-state index is 0.493. The van der Waals surface area contributed by atoms with E-state index in [9.17, 15) is 0 Å². The van der Waals surface area contributed by atoms with Crippen LogP contribution in [0.1, 0.15) is 19.0 Å². The Morgan fingerprint density at radius 3 is 2.94 bits per heavy atom. The summed E-state index contributed by atoms with van der Waals surface area (Å²) in [5, 5.41) is 4.29. The van der Waals surface area contributed by atoms with Crippen molar-refractivity contribution in [1.29, 1.82) is 0 Å². The Bertz CT molecular complexity index is 525. The van der Waals surface area contributed by atoms with Gasteiger partial charge in [-0.2, -0.15) is 0 Å². The topological polar surface area (TPSA) is 38.1 Å². The zero-order valence-corrected chi connectivity index (χ0v) is 11.6. The summed E-state index contributed by atoms with van der Waals surface area (Å²) in [7, 11) is 0. The minimum absolute atomic E-state index is 0.493. The third-order valence-electron chi connectivity index (χ3n) is 2.56. The molecule has 0 saturated heterocycles. The van der Waals surface area contributed by atoms with Crippen LogP contribution in [0.2, 0.25) is 10.0 Å². The molecule has 2 rings (SSSR count). The first-order valence-corrected chi connectivity index (χ1v) is 6.57. The molecule has 0 fully saturated rings. The summed E-state index contributed by atoms with van der Waals surface area (Å²) in [6.45, 7) is 3.71. The smallest absolute Gasteiger partial charge is 0.181 e. The maximum Gasteiger partial charge on any atom is 0.181 e. The standard InChI is InChI=1S/C13H14Cl2N2O/c1-2-6-16-7-11-13(18-8-17-11)9-4-3-5-10(14)12(9)15/h3-5,8,16H,2,6-7H2,1H3. The second-order valence-electron chi connectivity index (χ2n) is 3.91. The minimum Gasteiger partial charge on any atom is -0.443 e. The van der Waals surface area contributed by atoms with Gasteiger partial charge in [-0.05, 0) is 25.1 Å². The highest BCUT2D eigenvalue weighted by Gasteiger charge is 2.15. The Kier molecular flexibility index (Phi) is 4.64. The van der Waals surface area contributed by atoms with Crippen molar-refractivity contribution in [3.05, 3.63) is 40.3 Å². The SMILES string of the molecule is CCCNCc1ncoc1-c1cccc(Cl)c1Cl. The van der Waals surface area contributed by atoms with Gasteiger partial charge in [0.05, 0.1) is 10.0 Å². The molecule has 5 heteroatoms. The summed E-state index contributed by atoms with van der Waals surface area (Å²) in [6.07, 6.45) is 2.50. The number of nitrogens with zero attached hydrogens (tertiary/aromatic N) is 1. The second kappa shape index (κ2) is 6.23. The molecule has 18 heavy (non-hydrogen) atoms. The Morgan fingerprint density at radius 2 is 2.17 bits per heavy atom. The summed E-state index contributed by atoms with van der Waals surface area (Å²) in [5.74, 6) is 0.672. The maximum absolute atomic E-state index is 6.18. The van der Waals surface area contributed by atoms with Gasteiger partial charge in [0.25, 0.3) is 0 Å². The van der Waals surface area contributed by atoms with E-state index in [1.54, 1.807) is 6.07 Å². The lowest BCUT2D eigenvalue weighted by molar-refractivity contribution is 0.569. The lowest BCUT2D eigenvalue weighted by Gasteiger charge is -2.05. The van der Waals surface area contributed by atoms with E-state index in [0.717, 1.165) is 24.2 Å². The number of rotatable bonds is 5. The van der Waals surface area contributed by atoms with E-state index in [1.165, 1.54) is 6.39 Å². The zero-order valence-electron chi connectivity index (χ0n) is 10.0. The predicted molar refractivity (Wildman–Crippen MR) is 74.0 cm³/mol. The Labute approximate surface area is 116 Å². The van der Waals surface area contributed by atoms with Crippen molar-refractivity contribution in [3.8, 4) is 11.3 Å². The Balaban J connectivity index is 2.28. The summed E-state index contributed by atoms with van der Waals surface area (Å²) < 4.78 is 5.42. The van der Waals surface area contributed by atoms with Gasteiger partial charge in [0.2, 0.25) is 0 Å². The van der Waals surface area contributed by atoms with Crippen molar-refractivity contribution in [1.82, 2.24) is 10.3 Å². The van der Waals surface area contributed by atoms with Crippen LogP contribution in [-0.4, -0.2) is 11.5 Å². The number of benzene rings is 1. The van der Waals surface area contributed by atoms with Crippen LogP contribution in [0.25, 0.3) is 11.3 Å². The molecule has 1 N–H and O–H groups in total. The van der Waals surface area contributed by atoms with Crippen molar-refractivity contribution >= 4 is 23.2 Å². The quantitative estimate of drug-likeness (QED) is 0.839. The number of oxazole rings is 1. The van der Waals surface area contributed by atoms with Crippen molar-refractivity contribution < 1.29 is 4.42 Å². The molecule has 3 nitrogen and oxygen atoms in total. The molecule has 0 saturated carbocycles. The van der Waals surface area contributed by atoms with Gasteiger partial charge in [-0.15, -0.1) is 0 Å². The van der Waals surface area contributed by atoms with Crippen LogP contribution in [0.4, 0.5) is 0 Å². The third-order valence-corrected chi connectivity index (χ3v) is 3.38. The fraction of sp³-hybridized carbons (Fsp3) is 0.308. The molecule has 1 aromatic heterocycles. The number of aromatic nitrogens is 1. The van der Waals surface area contributed by atoms with Crippen LogP contribution in [-0.2, 0) is 6.54 Å². The largest absolute Gasteiger partial charge is 0.443 e. The first-order chi connectivity index (χ1) is 8.74. The molecular formula is C13H14Cl2N2O. The van der Waals surface area contributed by atoms with Crippen molar-refractivity contribution in [2.75, 3.05) is 6.54 Å². The second-order valence-corrected chi connectivity index (χ2v) is 4.69. The predicted octanol–water partition coefficient (Wildman–Crippen LogP) is 4.15. The lowest BCUT2D eigenvalue weighted by Crippen LogP contribution is -2.14. The van der Waals surface area contributed by atoms with E-state index in [0.29, 0.717) is 22.4 Å². The van der Waals surface area contributed by atoms with E-state index in [2.05, 4.69) is 17.2 Å². The molecular weight excluding hydrogens is 271 g/mol. The lowest BCUT2D eigenvalue weighted by atomic mass is 10.1. The molecule has 96 valence electrons. The van der Waals surface area contributed by atoms with Crippen molar-refractivity contribution in [3.63, 3.8) is 0 Å². The van der Waals surface area contributed by atoms with E-state index in [4.69, 9.17) is 27.6 Å². The number of halogens is 2. The molecule has 0 atom stereocenters. The van der Waals surface area contributed by atoms with Crippen LogP contribution in [0.15, 0.2) is 29.0 Å². The molecule has 0 amide bonds. The van der Waals surface area contributed by atoms with Gasteiger partial charge in [-0.1, -0.05) is 36.2 Å². The normalized spacial score (nSPS) is 10.8. The number of hydrogen-bond acceptors (Lipinski definition) is 3. The third kappa shape index (κ3) is 2.86. The Hall–Kier alpha value is -1.03. The van der Waals surface area contributed by atoms with Gasteiger partial charge < -0.3 is 9.73 Å². The highest BCUT2D eigenvalue weighted by Crippen LogP contribution is 2.34. The van der Waals surface area contributed by atoms with E-state index in [-0.39, 0.29) is 0 Å². The highest BCUT2D eigenvalue weighted by molar-refractivity contribution is 6.43. The molecule has 0 aliphatic rings. The van der Waals surface area contributed by atoms with E-state index >= 15 is 0 Å². The van der Waals surface area contributed by atoms with Gasteiger partial charge in [0, 0.05) is 12.1 Å². The molecule has 0 spiro atoms. The fourth-order valence-corrected chi connectivity index (χ4v) is 2.06. The summed E-state index contributed by atoms with van der Waals surface area (Å²) >= 11 is 12.2. The van der Waals surface area contributed by atoms with Gasteiger partial charge >= 0.3 is 0 Å². The molecule has 0 aliphatic heterocycles. The van der Waals surface area contributed by atoms with E-state index in [1.807, 2.05) is 12.1 Å². The highest BCUT2D eigenvalue weighted by atomic mass is 35.5. The molecule has 2 aromatic rings. The zero-order chi connectivity index (χ0) is 13.0. The van der Waals surface area contributed by atoms with Crippen LogP contribution < -0.4 is 5.32 Å². The monoisotopic (exact) mass is 284 g/mol. The van der Waals surface area contributed by atoms with Gasteiger partial charge in [0.15, 0.2) is 12.2 Å².